The monoisotopic (exact) mass is 446 g/mol. The fourth-order valence-electron chi connectivity index (χ4n) is 3.09. The molecule has 13 heteroatoms. The Morgan fingerprint density at radius 1 is 1.10 bits per heavy atom. The summed E-state index contributed by atoms with van der Waals surface area (Å²) in [7, 11) is 0. The SMILES string of the molecule is CC(=O)N[C@@H]1[C@@H](OC(C)=O)[C@H](OC(C)=O)[C@@H](COC(C)=O)O[C@H]1n1nncc1CCl. The number of nitrogens with one attached hydrogen (secondary N) is 1. The molecule has 30 heavy (non-hydrogen) atoms. The summed E-state index contributed by atoms with van der Waals surface area (Å²) in [5.41, 5.74) is 0.454. The van der Waals surface area contributed by atoms with Gasteiger partial charge in [-0.3, -0.25) is 19.2 Å². The van der Waals surface area contributed by atoms with Gasteiger partial charge in [-0.2, -0.15) is 0 Å². The minimum absolute atomic E-state index is 0.0276. The molecule has 1 aromatic heterocycles. The average Bonchev–Trinajstić information content (AvgIpc) is 3.10. The van der Waals surface area contributed by atoms with E-state index in [4.69, 9.17) is 30.5 Å². The first-order valence-corrected chi connectivity index (χ1v) is 9.52. The smallest absolute Gasteiger partial charge is 0.303 e. The van der Waals surface area contributed by atoms with E-state index < -0.39 is 54.4 Å². The number of halogens is 1. The lowest BCUT2D eigenvalue weighted by Crippen LogP contribution is -2.64. The van der Waals surface area contributed by atoms with E-state index in [-0.39, 0.29) is 12.5 Å². The Hall–Kier alpha value is -2.73. The van der Waals surface area contributed by atoms with Crippen LogP contribution in [0.3, 0.4) is 0 Å². The lowest BCUT2D eigenvalue weighted by molar-refractivity contribution is -0.239. The van der Waals surface area contributed by atoms with Crippen molar-refractivity contribution in [2.45, 2.75) is 64.2 Å². The molecule has 5 atom stereocenters. The van der Waals surface area contributed by atoms with E-state index >= 15 is 0 Å². The van der Waals surface area contributed by atoms with Gasteiger partial charge in [0.15, 0.2) is 18.4 Å². The molecule has 12 nitrogen and oxygen atoms in total. The lowest BCUT2D eigenvalue weighted by atomic mass is 9.95. The maximum atomic E-state index is 11.9. The van der Waals surface area contributed by atoms with E-state index in [1.165, 1.54) is 31.6 Å². The second kappa shape index (κ2) is 10.3. The van der Waals surface area contributed by atoms with Crippen molar-refractivity contribution in [3.63, 3.8) is 0 Å². The standard InChI is InChI=1S/C17H23ClN4O8/c1-8(23)20-14-16(29-11(4)26)15(28-10(3)25)13(7-27-9(2)24)30-17(14)22-12(5-18)6-19-21-22/h6,13-17H,5,7H2,1-4H3,(H,20,23)/t13-,14-,15-,16-,17-/m1/s1. The molecule has 0 unspecified atom stereocenters. The van der Waals surface area contributed by atoms with Crippen molar-refractivity contribution in [2.75, 3.05) is 6.61 Å². The highest BCUT2D eigenvalue weighted by molar-refractivity contribution is 6.16. The Balaban J connectivity index is 2.53. The van der Waals surface area contributed by atoms with Crippen LogP contribution in [0, 0.1) is 0 Å². The van der Waals surface area contributed by atoms with Gasteiger partial charge < -0.3 is 24.3 Å². The molecular formula is C17H23ClN4O8. The summed E-state index contributed by atoms with van der Waals surface area (Å²) in [5, 5.41) is 10.4. The molecule has 0 saturated carbocycles. The van der Waals surface area contributed by atoms with Crippen molar-refractivity contribution in [3.8, 4) is 0 Å². The molecule has 1 N–H and O–H groups in total. The Morgan fingerprint density at radius 2 is 1.73 bits per heavy atom. The number of rotatable bonds is 7. The quantitative estimate of drug-likeness (QED) is 0.340. The molecule has 1 aromatic rings. The van der Waals surface area contributed by atoms with Crippen LogP contribution >= 0.6 is 11.6 Å². The maximum absolute atomic E-state index is 11.9. The van der Waals surface area contributed by atoms with Crippen LogP contribution in [0.25, 0.3) is 0 Å². The molecule has 1 saturated heterocycles. The van der Waals surface area contributed by atoms with Crippen LogP contribution in [-0.4, -0.2) is 69.8 Å². The molecule has 1 fully saturated rings. The number of hydrogen-bond acceptors (Lipinski definition) is 10. The fraction of sp³-hybridized carbons (Fsp3) is 0.647. The highest BCUT2D eigenvalue weighted by atomic mass is 35.5. The van der Waals surface area contributed by atoms with Gasteiger partial charge >= 0.3 is 17.9 Å². The summed E-state index contributed by atoms with van der Waals surface area (Å²) >= 11 is 5.94. The van der Waals surface area contributed by atoms with Gasteiger partial charge in [0.05, 0.1) is 17.8 Å². The Kier molecular flexibility index (Phi) is 8.12. The molecule has 166 valence electrons. The van der Waals surface area contributed by atoms with Gasteiger partial charge in [-0.25, -0.2) is 4.68 Å². The van der Waals surface area contributed by atoms with Crippen LogP contribution in [-0.2, 0) is 44.0 Å². The first-order valence-electron chi connectivity index (χ1n) is 8.99. The van der Waals surface area contributed by atoms with Crippen molar-refractivity contribution < 1.29 is 38.1 Å². The minimum atomic E-state index is -1.18. The van der Waals surface area contributed by atoms with Gasteiger partial charge in [0.25, 0.3) is 0 Å². The number of esters is 3. The van der Waals surface area contributed by atoms with E-state index in [0.717, 1.165) is 6.92 Å². The molecule has 1 aliphatic heterocycles. The second-order valence-corrected chi connectivity index (χ2v) is 6.81. The molecule has 1 amide bonds. The van der Waals surface area contributed by atoms with Gasteiger partial charge in [-0.1, -0.05) is 5.21 Å². The summed E-state index contributed by atoms with van der Waals surface area (Å²) in [6.45, 7) is 4.49. The summed E-state index contributed by atoms with van der Waals surface area (Å²) in [4.78, 5) is 46.7. The first kappa shape index (κ1) is 23.5. The van der Waals surface area contributed by atoms with Crippen LogP contribution in [0.5, 0.6) is 0 Å². The molecule has 0 aliphatic carbocycles. The van der Waals surface area contributed by atoms with Gasteiger partial charge in [-0.15, -0.1) is 16.7 Å². The number of ether oxygens (including phenoxy) is 4. The predicted molar refractivity (Wildman–Crippen MR) is 98.8 cm³/mol. The number of carbonyl (C=O) groups excluding carboxylic acids is 4. The van der Waals surface area contributed by atoms with Crippen LogP contribution in [0.4, 0.5) is 0 Å². The van der Waals surface area contributed by atoms with Crippen molar-refractivity contribution in [1.29, 1.82) is 0 Å². The number of alkyl halides is 1. The Bertz CT molecular complexity index is 800. The van der Waals surface area contributed by atoms with E-state index in [0.29, 0.717) is 5.69 Å². The molecule has 0 spiro atoms. The van der Waals surface area contributed by atoms with Crippen LogP contribution < -0.4 is 5.32 Å². The van der Waals surface area contributed by atoms with Crippen molar-refractivity contribution in [1.82, 2.24) is 20.3 Å². The summed E-state index contributed by atoms with van der Waals surface area (Å²) in [6.07, 6.45) is -3.04. The molecule has 0 aromatic carbocycles. The fourth-order valence-corrected chi connectivity index (χ4v) is 3.28. The summed E-state index contributed by atoms with van der Waals surface area (Å²) < 4.78 is 23.1. The van der Waals surface area contributed by atoms with Gasteiger partial charge in [0, 0.05) is 27.7 Å². The lowest BCUT2D eigenvalue weighted by Gasteiger charge is -2.45. The van der Waals surface area contributed by atoms with E-state index in [1.807, 2.05) is 0 Å². The van der Waals surface area contributed by atoms with Gasteiger partial charge in [0.2, 0.25) is 5.91 Å². The number of nitrogens with zero attached hydrogens (tertiary/aromatic N) is 3. The normalized spacial score (nSPS) is 25.8. The number of carbonyl (C=O) groups is 4. The van der Waals surface area contributed by atoms with Crippen molar-refractivity contribution in [2.24, 2.45) is 0 Å². The molecule has 2 heterocycles. The zero-order valence-corrected chi connectivity index (χ0v) is 17.6. The molecule has 0 radical (unpaired) electrons. The highest BCUT2D eigenvalue weighted by Gasteiger charge is 2.52. The Morgan fingerprint density at radius 3 is 2.27 bits per heavy atom. The zero-order chi connectivity index (χ0) is 22.4. The summed E-state index contributed by atoms with van der Waals surface area (Å²) in [6, 6.07) is -1.02. The largest absolute Gasteiger partial charge is 0.463 e. The number of aromatic nitrogens is 3. The molecule has 0 bridgehead atoms. The molecule has 1 aliphatic rings. The summed E-state index contributed by atoms with van der Waals surface area (Å²) in [5.74, 6) is -2.39. The van der Waals surface area contributed by atoms with E-state index in [9.17, 15) is 19.2 Å². The van der Waals surface area contributed by atoms with Crippen LogP contribution in [0.2, 0.25) is 0 Å². The van der Waals surface area contributed by atoms with Crippen LogP contribution in [0.1, 0.15) is 39.6 Å². The molecular weight excluding hydrogens is 424 g/mol. The predicted octanol–water partition coefficient (Wildman–Crippen LogP) is -0.154. The van der Waals surface area contributed by atoms with Gasteiger partial charge in [0.1, 0.15) is 18.8 Å². The first-order chi connectivity index (χ1) is 14.1. The maximum Gasteiger partial charge on any atom is 0.303 e. The third-order valence-electron chi connectivity index (χ3n) is 4.12. The van der Waals surface area contributed by atoms with E-state index in [1.54, 1.807) is 0 Å². The third-order valence-corrected chi connectivity index (χ3v) is 4.39. The highest BCUT2D eigenvalue weighted by Crippen LogP contribution is 2.33. The van der Waals surface area contributed by atoms with Gasteiger partial charge in [-0.05, 0) is 0 Å². The van der Waals surface area contributed by atoms with Crippen molar-refractivity contribution in [3.05, 3.63) is 11.9 Å². The van der Waals surface area contributed by atoms with Crippen molar-refractivity contribution >= 4 is 35.4 Å². The molecule has 2 rings (SSSR count). The number of hydrogen-bond donors (Lipinski definition) is 1. The Labute approximate surface area is 177 Å². The number of amides is 1. The van der Waals surface area contributed by atoms with Crippen LogP contribution in [0.15, 0.2) is 6.20 Å². The van der Waals surface area contributed by atoms with E-state index in [2.05, 4.69) is 15.6 Å². The topological polar surface area (TPSA) is 148 Å². The average molecular weight is 447 g/mol. The second-order valence-electron chi connectivity index (χ2n) is 6.55. The zero-order valence-electron chi connectivity index (χ0n) is 16.9. The minimum Gasteiger partial charge on any atom is -0.463 e. The third kappa shape index (κ3) is 5.89.